The Balaban J connectivity index is 2.24. The van der Waals surface area contributed by atoms with E-state index in [1.54, 1.807) is 23.1 Å². The van der Waals surface area contributed by atoms with Gasteiger partial charge in [0, 0.05) is 23.2 Å². The fourth-order valence-electron chi connectivity index (χ4n) is 2.03. The van der Waals surface area contributed by atoms with Crippen LogP contribution in [0.4, 0.5) is 5.69 Å². The van der Waals surface area contributed by atoms with Crippen molar-refractivity contribution >= 4 is 29.2 Å². The van der Waals surface area contributed by atoms with Crippen molar-refractivity contribution in [2.75, 3.05) is 11.4 Å². The van der Waals surface area contributed by atoms with Crippen molar-refractivity contribution in [3.8, 4) is 0 Å². The number of hydrogen-bond acceptors (Lipinski definition) is 2. The Morgan fingerprint density at radius 1 is 1.42 bits per heavy atom. The molecule has 2 rings (SSSR count). The van der Waals surface area contributed by atoms with Crippen LogP contribution in [0.1, 0.15) is 24.8 Å². The molecule has 0 aromatic heterocycles. The molecule has 5 heteroatoms. The molecule has 0 atom stereocenters. The molecule has 1 N–H and O–H groups in total. The monoisotopic (exact) mass is 281 g/mol. The molecule has 1 aliphatic rings. The molecule has 1 amide bonds. The third-order valence-electron chi connectivity index (χ3n) is 3.19. The lowest BCUT2D eigenvalue weighted by Crippen LogP contribution is -2.34. The van der Waals surface area contributed by atoms with Gasteiger partial charge in [-0.2, -0.15) is 0 Å². The zero-order valence-electron chi connectivity index (χ0n) is 10.7. The fourth-order valence-corrected chi connectivity index (χ4v) is 2.26. The third-order valence-corrected chi connectivity index (χ3v) is 3.43. The number of benzene rings is 1. The maximum absolute atomic E-state index is 12.3. The first-order valence-corrected chi connectivity index (χ1v) is 6.66. The van der Waals surface area contributed by atoms with E-state index in [-0.39, 0.29) is 24.8 Å². The molecule has 1 fully saturated rings. The Bertz CT molecular complexity index is 511. The summed E-state index contributed by atoms with van der Waals surface area (Å²) >= 11 is 5.91. The van der Waals surface area contributed by atoms with Gasteiger partial charge in [0.1, 0.15) is 0 Å². The molecule has 1 aromatic rings. The van der Waals surface area contributed by atoms with E-state index in [0.717, 1.165) is 24.1 Å². The molecule has 0 radical (unpaired) electrons. The predicted molar refractivity (Wildman–Crippen MR) is 73.5 cm³/mol. The van der Waals surface area contributed by atoms with E-state index in [2.05, 4.69) is 0 Å². The first-order chi connectivity index (χ1) is 8.99. The van der Waals surface area contributed by atoms with Crippen LogP contribution in [0, 0.1) is 12.8 Å². The lowest BCUT2D eigenvalue weighted by atomic mass is 10.1. The van der Waals surface area contributed by atoms with Crippen LogP contribution in [0.5, 0.6) is 0 Å². The highest BCUT2D eigenvalue weighted by Crippen LogP contribution is 2.34. The lowest BCUT2D eigenvalue weighted by Gasteiger charge is -2.24. The largest absolute Gasteiger partial charge is 0.481 e. The number of aryl methyl sites for hydroxylation is 1. The zero-order valence-corrected chi connectivity index (χ0v) is 11.5. The van der Waals surface area contributed by atoms with Crippen LogP contribution in [-0.4, -0.2) is 23.5 Å². The van der Waals surface area contributed by atoms with Gasteiger partial charge < -0.3 is 10.0 Å². The molecule has 19 heavy (non-hydrogen) atoms. The van der Waals surface area contributed by atoms with Crippen LogP contribution in [-0.2, 0) is 9.59 Å². The molecule has 0 aliphatic heterocycles. The summed E-state index contributed by atoms with van der Waals surface area (Å²) in [5, 5.41) is 9.41. The molecular weight excluding hydrogens is 266 g/mol. The molecule has 0 saturated heterocycles. The average Bonchev–Trinajstić information content (AvgIpc) is 3.14. The number of anilines is 1. The second-order valence-electron chi connectivity index (χ2n) is 4.84. The first-order valence-electron chi connectivity index (χ1n) is 6.28. The van der Waals surface area contributed by atoms with Gasteiger partial charge in [0.2, 0.25) is 5.91 Å². The van der Waals surface area contributed by atoms with Gasteiger partial charge in [-0.3, -0.25) is 9.59 Å². The Morgan fingerprint density at radius 2 is 2.11 bits per heavy atom. The maximum Gasteiger partial charge on any atom is 0.305 e. The summed E-state index contributed by atoms with van der Waals surface area (Å²) in [6.07, 6.45) is 1.74. The van der Waals surface area contributed by atoms with Gasteiger partial charge in [0.05, 0.1) is 6.42 Å². The van der Waals surface area contributed by atoms with E-state index in [1.165, 1.54) is 0 Å². The van der Waals surface area contributed by atoms with Crippen molar-refractivity contribution < 1.29 is 14.7 Å². The number of aliphatic carboxylic acids is 1. The number of carbonyl (C=O) groups is 2. The minimum atomic E-state index is -0.903. The molecule has 0 heterocycles. The molecular formula is C14H16ClNO3. The summed E-state index contributed by atoms with van der Waals surface area (Å²) in [4.78, 5) is 24.6. The lowest BCUT2D eigenvalue weighted by molar-refractivity contribution is -0.136. The van der Waals surface area contributed by atoms with E-state index in [9.17, 15) is 9.59 Å². The first kappa shape index (κ1) is 13.9. The third kappa shape index (κ3) is 3.47. The van der Waals surface area contributed by atoms with Gasteiger partial charge in [-0.05, 0) is 43.5 Å². The van der Waals surface area contributed by atoms with Crippen molar-refractivity contribution in [2.45, 2.75) is 26.2 Å². The molecule has 4 nitrogen and oxygen atoms in total. The summed E-state index contributed by atoms with van der Waals surface area (Å²) < 4.78 is 0. The zero-order chi connectivity index (χ0) is 14.0. The van der Waals surface area contributed by atoms with E-state index in [4.69, 9.17) is 16.7 Å². The highest BCUT2D eigenvalue weighted by Gasteiger charge is 2.34. The van der Waals surface area contributed by atoms with Gasteiger partial charge in [-0.25, -0.2) is 0 Å². The second kappa shape index (κ2) is 5.61. The molecule has 1 saturated carbocycles. The molecule has 1 aromatic carbocycles. The molecule has 0 bridgehead atoms. The number of carboxylic acids is 1. The normalized spacial score (nSPS) is 14.2. The van der Waals surface area contributed by atoms with Crippen molar-refractivity contribution in [3.05, 3.63) is 28.8 Å². The predicted octanol–water partition coefficient (Wildman–Crippen LogP) is 2.87. The van der Waals surface area contributed by atoms with Gasteiger partial charge >= 0.3 is 5.97 Å². The van der Waals surface area contributed by atoms with Crippen molar-refractivity contribution in [1.29, 1.82) is 0 Å². The Hall–Kier alpha value is -1.55. The number of hydrogen-bond donors (Lipinski definition) is 1. The molecule has 0 unspecified atom stereocenters. The van der Waals surface area contributed by atoms with E-state index in [0.29, 0.717) is 5.02 Å². The van der Waals surface area contributed by atoms with Crippen molar-refractivity contribution in [1.82, 2.24) is 0 Å². The number of nitrogens with zero attached hydrogens (tertiary/aromatic N) is 1. The van der Waals surface area contributed by atoms with Crippen LogP contribution >= 0.6 is 11.6 Å². The van der Waals surface area contributed by atoms with Crippen LogP contribution in [0.2, 0.25) is 5.02 Å². The number of rotatable bonds is 5. The highest BCUT2D eigenvalue weighted by molar-refractivity contribution is 6.30. The van der Waals surface area contributed by atoms with E-state index in [1.807, 2.05) is 6.92 Å². The summed E-state index contributed by atoms with van der Waals surface area (Å²) in [6, 6.07) is 5.28. The second-order valence-corrected chi connectivity index (χ2v) is 5.28. The fraction of sp³-hybridized carbons (Fsp3) is 0.429. The standard InChI is InChI=1S/C14H16ClNO3/c1-9-8-11(15)4-5-12(9)16(7-6-13(17)18)14(19)10-2-3-10/h4-5,8,10H,2-3,6-7H2,1H3,(H,17,18). The van der Waals surface area contributed by atoms with Crippen LogP contribution in [0.3, 0.4) is 0 Å². The van der Waals surface area contributed by atoms with Crippen molar-refractivity contribution in [3.63, 3.8) is 0 Å². The van der Waals surface area contributed by atoms with Crippen LogP contribution in [0.15, 0.2) is 18.2 Å². The topological polar surface area (TPSA) is 57.6 Å². The smallest absolute Gasteiger partial charge is 0.305 e. The van der Waals surface area contributed by atoms with Crippen LogP contribution < -0.4 is 4.90 Å². The molecule has 0 spiro atoms. The minimum absolute atomic E-state index is 0.0201. The Labute approximate surface area is 117 Å². The van der Waals surface area contributed by atoms with Gasteiger partial charge in [-0.15, -0.1) is 0 Å². The Kier molecular flexibility index (Phi) is 4.10. The quantitative estimate of drug-likeness (QED) is 0.903. The SMILES string of the molecule is Cc1cc(Cl)ccc1N(CCC(=O)O)C(=O)C1CC1. The van der Waals surface area contributed by atoms with Gasteiger partial charge in [-0.1, -0.05) is 11.6 Å². The molecule has 1 aliphatic carbocycles. The van der Waals surface area contributed by atoms with Gasteiger partial charge in [0.25, 0.3) is 0 Å². The number of carbonyl (C=O) groups excluding carboxylic acids is 1. The number of carboxylic acid groups (broad SMARTS) is 1. The summed E-state index contributed by atoms with van der Waals surface area (Å²) in [6.45, 7) is 2.07. The summed E-state index contributed by atoms with van der Waals surface area (Å²) in [5.41, 5.74) is 1.63. The van der Waals surface area contributed by atoms with E-state index < -0.39 is 5.97 Å². The van der Waals surface area contributed by atoms with Crippen LogP contribution in [0.25, 0.3) is 0 Å². The highest BCUT2D eigenvalue weighted by atomic mass is 35.5. The number of amides is 1. The summed E-state index contributed by atoms with van der Waals surface area (Å²) in [5.74, 6) is -0.823. The summed E-state index contributed by atoms with van der Waals surface area (Å²) in [7, 11) is 0. The maximum atomic E-state index is 12.3. The van der Waals surface area contributed by atoms with Crippen molar-refractivity contribution in [2.24, 2.45) is 5.92 Å². The minimum Gasteiger partial charge on any atom is -0.481 e. The number of halogens is 1. The molecule has 102 valence electrons. The van der Waals surface area contributed by atoms with E-state index >= 15 is 0 Å². The van der Waals surface area contributed by atoms with Gasteiger partial charge in [0.15, 0.2) is 0 Å². The Morgan fingerprint density at radius 3 is 2.63 bits per heavy atom. The average molecular weight is 282 g/mol.